The number of piperidine rings is 1. The average molecular weight is 314 g/mol. The summed E-state index contributed by atoms with van der Waals surface area (Å²) in [5, 5.41) is 3.46. The fourth-order valence-electron chi connectivity index (χ4n) is 2.60. The monoisotopic (exact) mass is 313 g/mol. The van der Waals surface area contributed by atoms with Gasteiger partial charge in [-0.05, 0) is 65.4 Å². The first-order valence-electron chi connectivity index (χ1n) is 6.30. The van der Waals surface area contributed by atoms with Crippen molar-refractivity contribution in [2.45, 2.75) is 25.7 Å². The van der Waals surface area contributed by atoms with Gasteiger partial charge in [0.2, 0.25) is 0 Å². The van der Waals surface area contributed by atoms with Gasteiger partial charge in [-0.2, -0.15) is 0 Å². The molecule has 1 fully saturated rings. The van der Waals surface area contributed by atoms with Crippen LogP contribution in [0.25, 0.3) is 0 Å². The van der Waals surface area contributed by atoms with Crippen LogP contribution in [0.5, 0.6) is 11.5 Å². The van der Waals surface area contributed by atoms with Crippen molar-refractivity contribution in [2.75, 3.05) is 27.3 Å². The molecule has 100 valence electrons. The number of hydrogen-bond donors (Lipinski definition) is 1. The summed E-state index contributed by atoms with van der Waals surface area (Å²) >= 11 is 3.62. The summed E-state index contributed by atoms with van der Waals surface area (Å²) < 4.78 is 11.8. The molecule has 1 heterocycles. The van der Waals surface area contributed by atoms with Crippen molar-refractivity contribution >= 4 is 15.9 Å². The van der Waals surface area contributed by atoms with Crippen molar-refractivity contribution in [3.05, 3.63) is 21.7 Å². The zero-order chi connectivity index (χ0) is 13.1. The molecule has 0 radical (unpaired) electrons. The summed E-state index contributed by atoms with van der Waals surface area (Å²) in [4.78, 5) is 0. The van der Waals surface area contributed by atoms with Crippen LogP contribution in [-0.2, 0) is 0 Å². The molecule has 0 aliphatic carbocycles. The van der Waals surface area contributed by atoms with Crippen LogP contribution in [0.15, 0.2) is 10.5 Å². The highest BCUT2D eigenvalue weighted by molar-refractivity contribution is 9.10. The number of methoxy groups -OCH3 is 2. The molecule has 2 rings (SSSR count). The number of ether oxygens (including phenoxy) is 2. The zero-order valence-corrected chi connectivity index (χ0v) is 12.8. The Morgan fingerprint density at radius 1 is 1.33 bits per heavy atom. The van der Waals surface area contributed by atoms with Crippen LogP contribution in [0.4, 0.5) is 0 Å². The Labute approximate surface area is 117 Å². The molecule has 18 heavy (non-hydrogen) atoms. The van der Waals surface area contributed by atoms with Gasteiger partial charge in [-0.3, -0.25) is 0 Å². The summed E-state index contributed by atoms with van der Waals surface area (Å²) in [7, 11) is 3.35. The van der Waals surface area contributed by atoms with Gasteiger partial charge in [0.05, 0.1) is 18.7 Å². The highest BCUT2D eigenvalue weighted by Gasteiger charge is 2.22. The van der Waals surface area contributed by atoms with Crippen molar-refractivity contribution in [1.29, 1.82) is 0 Å². The van der Waals surface area contributed by atoms with Crippen LogP contribution >= 0.6 is 15.9 Å². The lowest BCUT2D eigenvalue weighted by Crippen LogP contribution is -2.28. The Bertz CT molecular complexity index is 428. The van der Waals surface area contributed by atoms with Crippen LogP contribution in [0.1, 0.15) is 29.9 Å². The van der Waals surface area contributed by atoms with Gasteiger partial charge < -0.3 is 14.8 Å². The van der Waals surface area contributed by atoms with E-state index in [9.17, 15) is 0 Å². The van der Waals surface area contributed by atoms with Crippen LogP contribution in [0, 0.1) is 6.92 Å². The minimum absolute atomic E-state index is 0.565. The smallest absolute Gasteiger partial charge is 0.175 e. The Hall–Kier alpha value is -0.740. The molecule has 1 aliphatic rings. The van der Waals surface area contributed by atoms with E-state index in [0.29, 0.717) is 5.92 Å². The van der Waals surface area contributed by atoms with Crippen molar-refractivity contribution < 1.29 is 9.47 Å². The quantitative estimate of drug-likeness (QED) is 0.929. The van der Waals surface area contributed by atoms with Gasteiger partial charge in [-0.1, -0.05) is 0 Å². The van der Waals surface area contributed by atoms with Crippen molar-refractivity contribution in [3.63, 3.8) is 0 Å². The lowest BCUT2D eigenvalue weighted by Gasteiger charge is -2.26. The molecule has 3 nitrogen and oxygen atoms in total. The van der Waals surface area contributed by atoms with E-state index in [2.05, 4.69) is 34.2 Å². The molecule has 1 aromatic rings. The maximum atomic E-state index is 5.43. The first-order valence-corrected chi connectivity index (χ1v) is 7.10. The van der Waals surface area contributed by atoms with Gasteiger partial charge in [0.15, 0.2) is 11.5 Å². The third-order valence-corrected chi connectivity index (χ3v) is 4.59. The van der Waals surface area contributed by atoms with E-state index in [4.69, 9.17) is 9.47 Å². The molecule has 0 bridgehead atoms. The summed E-state index contributed by atoms with van der Waals surface area (Å²) in [6.07, 6.45) is 2.46. The van der Waals surface area contributed by atoms with E-state index >= 15 is 0 Å². The third-order valence-electron chi connectivity index (χ3n) is 3.63. The first kappa shape index (κ1) is 13.7. The maximum Gasteiger partial charge on any atom is 0.175 e. The number of rotatable bonds is 3. The van der Waals surface area contributed by atoms with Crippen LogP contribution in [-0.4, -0.2) is 27.3 Å². The first-order chi connectivity index (χ1) is 8.69. The highest BCUT2D eigenvalue weighted by Crippen LogP contribution is 2.42. The van der Waals surface area contributed by atoms with Crippen molar-refractivity contribution in [3.8, 4) is 11.5 Å². The molecular weight excluding hydrogens is 294 g/mol. The predicted octanol–water partition coefficient (Wildman–Crippen LogP) is 3.24. The Kier molecular flexibility index (Phi) is 4.51. The summed E-state index contributed by atoms with van der Waals surface area (Å²) in [6.45, 7) is 4.31. The molecular formula is C14H20BrNO2. The Balaban J connectivity index is 2.44. The lowest BCUT2D eigenvalue weighted by molar-refractivity contribution is 0.351. The van der Waals surface area contributed by atoms with Gasteiger partial charge in [0.1, 0.15) is 0 Å². The SMILES string of the molecule is COc1cc(C2CCCNC2)c(C)c(Br)c1OC. The molecule has 1 aliphatic heterocycles. The van der Waals surface area contributed by atoms with Crippen molar-refractivity contribution in [2.24, 2.45) is 0 Å². The number of nitrogens with one attached hydrogen (secondary N) is 1. The third kappa shape index (κ3) is 2.50. The summed E-state index contributed by atoms with van der Waals surface area (Å²) in [5.41, 5.74) is 2.60. The van der Waals surface area contributed by atoms with Gasteiger partial charge in [0, 0.05) is 6.54 Å². The fraction of sp³-hybridized carbons (Fsp3) is 0.571. The second kappa shape index (κ2) is 5.93. The van der Waals surface area contributed by atoms with E-state index in [1.54, 1.807) is 14.2 Å². The van der Waals surface area contributed by atoms with E-state index in [-0.39, 0.29) is 0 Å². The summed E-state index contributed by atoms with van der Waals surface area (Å²) in [6, 6.07) is 2.12. The van der Waals surface area contributed by atoms with E-state index < -0.39 is 0 Å². The Morgan fingerprint density at radius 3 is 2.67 bits per heavy atom. The fourth-order valence-corrected chi connectivity index (χ4v) is 3.19. The van der Waals surface area contributed by atoms with Gasteiger partial charge in [-0.25, -0.2) is 0 Å². The molecule has 4 heteroatoms. The van der Waals surface area contributed by atoms with E-state index in [1.165, 1.54) is 24.0 Å². The van der Waals surface area contributed by atoms with Gasteiger partial charge in [0.25, 0.3) is 0 Å². The molecule has 1 aromatic carbocycles. The standard InChI is InChI=1S/C14H20BrNO2/c1-9-11(10-5-4-6-16-8-10)7-12(17-2)14(18-3)13(9)15/h7,10,16H,4-6,8H2,1-3H3. The van der Waals surface area contributed by atoms with Gasteiger partial charge >= 0.3 is 0 Å². The molecule has 0 saturated carbocycles. The molecule has 0 amide bonds. The number of benzene rings is 1. The molecule has 0 spiro atoms. The highest BCUT2D eigenvalue weighted by atomic mass is 79.9. The largest absolute Gasteiger partial charge is 0.493 e. The lowest BCUT2D eigenvalue weighted by atomic mass is 9.88. The van der Waals surface area contributed by atoms with Crippen LogP contribution in [0.3, 0.4) is 0 Å². The van der Waals surface area contributed by atoms with E-state index in [0.717, 1.165) is 29.1 Å². The second-order valence-corrected chi connectivity index (χ2v) is 5.48. The van der Waals surface area contributed by atoms with Crippen molar-refractivity contribution in [1.82, 2.24) is 5.32 Å². The van der Waals surface area contributed by atoms with E-state index in [1.807, 2.05) is 0 Å². The minimum atomic E-state index is 0.565. The maximum absolute atomic E-state index is 5.43. The van der Waals surface area contributed by atoms with Crippen LogP contribution in [0.2, 0.25) is 0 Å². The molecule has 1 unspecified atom stereocenters. The second-order valence-electron chi connectivity index (χ2n) is 4.68. The number of halogens is 1. The average Bonchev–Trinajstić information content (AvgIpc) is 2.42. The topological polar surface area (TPSA) is 30.5 Å². The zero-order valence-electron chi connectivity index (χ0n) is 11.2. The molecule has 0 aromatic heterocycles. The summed E-state index contributed by atoms with van der Waals surface area (Å²) in [5.74, 6) is 2.15. The minimum Gasteiger partial charge on any atom is -0.493 e. The molecule has 1 saturated heterocycles. The van der Waals surface area contributed by atoms with Gasteiger partial charge in [-0.15, -0.1) is 0 Å². The normalized spacial score (nSPS) is 19.7. The molecule has 1 N–H and O–H groups in total. The Morgan fingerprint density at radius 2 is 2.11 bits per heavy atom. The number of hydrogen-bond acceptors (Lipinski definition) is 3. The van der Waals surface area contributed by atoms with Crippen LogP contribution < -0.4 is 14.8 Å². The predicted molar refractivity (Wildman–Crippen MR) is 76.8 cm³/mol. The molecule has 1 atom stereocenters.